The highest BCUT2D eigenvalue weighted by molar-refractivity contribution is 5.95. The first-order valence-corrected chi connectivity index (χ1v) is 8.33. The lowest BCUT2D eigenvalue weighted by molar-refractivity contribution is -0.155. The molecule has 0 aliphatic heterocycles. The Balaban J connectivity index is 1.91. The summed E-state index contributed by atoms with van der Waals surface area (Å²) in [6.45, 7) is 6.64. The maximum Gasteiger partial charge on any atom is 0.344 e. The monoisotopic (exact) mass is 377 g/mol. The van der Waals surface area contributed by atoms with Crippen molar-refractivity contribution in [2.45, 2.75) is 33.8 Å². The van der Waals surface area contributed by atoms with E-state index in [1.54, 1.807) is 0 Å². The van der Waals surface area contributed by atoms with E-state index >= 15 is 0 Å². The van der Waals surface area contributed by atoms with Gasteiger partial charge in [0.2, 0.25) is 0 Å². The molecule has 0 heterocycles. The number of carbonyl (C=O) groups excluding carboxylic acids is 2. The predicted molar refractivity (Wildman–Crippen MR) is 96.7 cm³/mol. The van der Waals surface area contributed by atoms with Crippen LogP contribution in [0.5, 0.6) is 5.75 Å². The van der Waals surface area contributed by atoms with Crippen molar-refractivity contribution in [3.8, 4) is 5.75 Å². The van der Waals surface area contributed by atoms with Gasteiger partial charge < -0.3 is 14.8 Å². The van der Waals surface area contributed by atoms with Crippen molar-refractivity contribution < 1.29 is 27.8 Å². The fourth-order valence-corrected chi connectivity index (χ4v) is 2.64. The minimum absolute atomic E-state index is 0.329. The first-order chi connectivity index (χ1) is 12.7. The first-order valence-electron chi connectivity index (χ1n) is 8.33. The van der Waals surface area contributed by atoms with E-state index in [1.807, 2.05) is 32.9 Å². The summed E-state index contributed by atoms with van der Waals surface area (Å²) in [6.07, 6.45) is -1.20. The summed E-state index contributed by atoms with van der Waals surface area (Å²) in [5, 5.41) is 2.18. The van der Waals surface area contributed by atoms with Crippen LogP contribution in [-0.4, -0.2) is 24.6 Å². The maximum absolute atomic E-state index is 13.6. The third-order valence-electron chi connectivity index (χ3n) is 3.80. The Bertz CT molecular complexity index is 844. The lowest BCUT2D eigenvalue weighted by Crippen LogP contribution is -2.32. The summed E-state index contributed by atoms with van der Waals surface area (Å²) in [5.41, 5.74) is 2.51. The van der Waals surface area contributed by atoms with E-state index in [4.69, 9.17) is 9.47 Å². The molecule has 2 rings (SSSR count). The Labute approximate surface area is 156 Å². The summed E-state index contributed by atoms with van der Waals surface area (Å²) in [6, 6.07) is 6.52. The summed E-state index contributed by atoms with van der Waals surface area (Å²) in [5.74, 6) is -2.45. The molecular formula is C20H21F2NO4. The van der Waals surface area contributed by atoms with Crippen LogP contribution in [0.4, 0.5) is 14.5 Å². The molecule has 27 heavy (non-hydrogen) atoms. The van der Waals surface area contributed by atoms with Gasteiger partial charge in [-0.15, -0.1) is 0 Å². The number of amides is 1. The van der Waals surface area contributed by atoms with E-state index in [0.29, 0.717) is 5.75 Å². The van der Waals surface area contributed by atoms with E-state index in [9.17, 15) is 18.4 Å². The largest absolute Gasteiger partial charge is 0.481 e. The number of benzene rings is 2. The predicted octanol–water partition coefficient (Wildman–Crippen LogP) is 3.84. The smallest absolute Gasteiger partial charge is 0.344 e. The minimum Gasteiger partial charge on any atom is -0.481 e. The molecule has 1 amide bonds. The second-order valence-corrected chi connectivity index (χ2v) is 6.26. The highest BCUT2D eigenvalue weighted by Crippen LogP contribution is 2.24. The maximum atomic E-state index is 13.6. The zero-order valence-corrected chi connectivity index (χ0v) is 15.6. The number of hydrogen-bond donors (Lipinski definition) is 1. The van der Waals surface area contributed by atoms with Gasteiger partial charge in [-0.3, -0.25) is 4.79 Å². The number of anilines is 1. The summed E-state index contributed by atoms with van der Waals surface area (Å²) in [7, 11) is 0. The summed E-state index contributed by atoms with van der Waals surface area (Å²) < 4.78 is 37.2. The molecule has 7 heteroatoms. The molecule has 0 saturated heterocycles. The van der Waals surface area contributed by atoms with Gasteiger partial charge in [-0.1, -0.05) is 17.7 Å². The molecule has 0 spiro atoms. The van der Waals surface area contributed by atoms with Gasteiger partial charge in [0.15, 0.2) is 12.7 Å². The van der Waals surface area contributed by atoms with Gasteiger partial charge in [0.05, 0.1) is 5.69 Å². The molecule has 2 aromatic carbocycles. The third-order valence-corrected chi connectivity index (χ3v) is 3.80. The fraction of sp³-hybridized carbons (Fsp3) is 0.300. The minimum atomic E-state index is -1.20. The van der Waals surface area contributed by atoms with Gasteiger partial charge in [0.1, 0.15) is 17.4 Å². The molecule has 0 unspecified atom stereocenters. The Morgan fingerprint density at radius 1 is 1.07 bits per heavy atom. The van der Waals surface area contributed by atoms with Crippen LogP contribution < -0.4 is 10.1 Å². The molecule has 0 fully saturated rings. The molecule has 2 aromatic rings. The van der Waals surface area contributed by atoms with Crippen molar-refractivity contribution in [2.75, 3.05) is 11.9 Å². The van der Waals surface area contributed by atoms with Crippen molar-refractivity contribution in [2.24, 2.45) is 0 Å². The van der Waals surface area contributed by atoms with Crippen LogP contribution in [0.25, 0.3) is 0 Å². The number of halogens is 2. The normalized spacial score (nSPS) is 11.6. The van der Waals surface area contributed by atoms with Gasteiger partial charge in [-0.2, -0.15) is 0 Å². The molecule has 0 aliphatic carbocycles. The SMILES string of the molecule is Cc1cc(C)c(OCC(=O)O[C@H](C)C(=O)Nc2cc(F)ccc2F)c(C)c1. The van der Waals surface area contributed by atoms with Crippen molar-refractivity contribution in [1.82, 2.24) is 0 Å². The Kier molecular flexibility index (Phi) is 6.50. The number of hydrogen-bond acceptors (Lipinski definition) is 4. The third kappa shape index (κ3) is 5.51. The number of ether oxygens (including phenoxy) is 2. The average Bonchev–Trinajstić information content (AvgIpc) is 2.57. The molecule has 0 aromatic heterocycles. The Hall–Kier alpha value is -2.96. The van der Waals surface area contributed by atoms with Crippen LogP contribution >= 0.6 is 0 Å². The molecule has 5 nitrogen and oxygen atoms in total. The quantitative estimate of drug-likeness (QED) is 0.777. The van der Waals surface area contributed by atoms with Crippen LogP contribution in [0.3, 0.4) is 0 Å². The highest BCUT2D eigenvalue weighted by Gasteiger charge is 2.20. The van der Waals surface area contributed by atoms with Crippen LogP contribution in [0, 0.1) is 32.4 Å². The van der Waals surface area contributed by atoms with Gasteiger partial charge in [0.25, 0.3) is 5.91 Å². The van der Waals surface area contributed by atoms with Gasteiger partial charge in [-0.25, -0.2) is 13.6 Å². The lowest BCUT2D eigenvalue weighted by atomic mass is 10.1. The van der Waals surface area contributed by atoms with Gasteiger partial charge in [0, 0.05) is 6.07 Å². The average molecular weight is 377 g/mol. The second-order valence-electron chi connectivity index (χ2n) is 6.26. The molecule has 1 atom stereocenters. The molecule has 1 N–H and O–H groups in total. The first kappa shape index (κ1) is 20.4. The van der Waals surface area contributed by atoms with Crippen LogP contribution in [0.15, 0.2) is 30.3 Å². The lowest BCUT2D eigenvalue weighted by Gasteiger charge is -2.16. The molecule has 144 valence electrons. The number of aryl methyl sites for hydroxylation is 3. The van der Waals surface area contributed by atoms with Crippen molar-refractivity contribution >= 4 is 17.6 Å². The van der Waals surface area contributed by atoms with E-state index in [0.717, 1.165) is 34.9 Å². The zero-order valence-electron chi connectivity index (χ0n) is 15.6. The number of nitrogens with one attached hydrogen (secondary N) is 1. The van der Waals surface area contributed by atoms with Gasteiger partial charge >= 0.3 is 5.97 Å². The van der Waals surface area contributed by atoms with E-state index in [-0.39, 0.29) is 12.3 Å². The number of esters is 1. The fourth-order valence-electron chi connectivity index (χ4n) is 2.64. The molecular weight excluding hydrogens is 356 g/mol. The molecule has 0 saturated carbocycles. The van der Waals surface area contributed by atoms with Crippen molar-refractivity contribution in [1.29, 1.82) is 0 Å². The topological polar surface area (TPSA) is 64.6 Å². The number of carbonyl (C=O) groups is 2. The molecule has 0 radical (unpaired) electrons. The van der Waals surface area contributed by atoms with Gasteiger partial charge in [-0.05, 0) is 51.0 Å². The van der Waals surface area contributed by atoms with E-state index in [1.165, 1.54) is 6.92 Å². The standard InChI is InChI=1S/C20H21F2NO4/c1-11-7-12(2)19(13(3)8-11)26-10-18(24)27-14(4)20(25)23-17-9-15(21)5-6-16(17)22/h5-9,14H,10H2,1-4H3,(H,23,25)/t14-/m1/s1. The van der Waals surface area contributed by atoms with Crippen molar-refractivity contribution in [3.05, 3.63) is 58.7 Å². The second kappa shape index (κ2) is 8.62. The van der Waals surface area contributed by atoms with E-state index < -0.39 is 29.6 Å². The van der Waals surface area contributed by atoms with E-state index in [2.05, 4.69) is 5.32 Å². The van der Waals surface area contributed by atoms with Crippen LogP contribution in [-0.2, 0) is 14.3 Å². The zero-order chi connectivity index (χ0) is 20.1. The highest BCUT2D eigenvalue weighted by atomic mass is 19.1. The number of rotatable bonds is 6. The Morgan fingerprint density at radius 2 is 1.70 bits per heavy atom. The Morgan fingerprint density at radius 3 is 2.33 bits per heavy atom. The molecule has 0 aliphatic rings. The molecule has 0 bridgehead atoms. The van der Waals surface area contributed by atoms with Crippen molar-refractivity contribution in [3.63, 3.8) is 0 Å². The summed E-state index contributed by atoms with van der Waals surface area (Å²) >= 11 is 0. The summed E-state index contributed by atoms with van der Waals surface area (Å²) in [4.78, 5) is 23.9. The van der Waals surface area contributed by atoms with Crippen LogP contribution in [0.2, 0.25) is 0 Å². The van der Waals surface area contributed by atoms with Crippen LogP contribution in [0.1, 0.15) is 23.6 Å².